The molecule has 1 atom stereocenters. The molecule has 1 aliphatic carbocycles. The number of nitrogens with one attached hydrogen (secondary N) is 1. The first kappa shape index (κ1) is 20.8. The molecule has 1 N–H and O–H groups in total. The second-order valence-electron chi connectivity index (χ2n) is 9.41. The van der Waals surface area contributed by atoms with E-state index in [9.17, 15) is 18.0 Å². The Morgan fingerprint density at radius 3 is 2.72 bits per heavy atom. The fourth-order valence-corrected chi connectivity index (χ4v) is 5.63. The van der Waals surface area contributed by atoms with Crippen LogP contribution in [0.3, 0.4) is 0 Å². The fourth-order valence-electron chi connectivity index (χ4n) is 5.63. The number of hydrogen-bond acceptors (Lipinski definition) is 4. The zero-order chi connectivity index (χ0) is 22.5. The molecule has 2 amide bonds. The molecule has 1 aromatic carbocycles. The van der Waals surface area contributed by atoms with Gasteiger partial charge < -0.3 is 9.80 Å². The van der Waals surface area contributed by atoms with E-state index in [2.05, 4.69) is 15.2 Å². The van der Waals surface area contributed by atoms with E-state index in [-0.39, 0.29) is 22.9 Å². The topological polar surface area (TPSA) is 88.9 Å². The van der Waals surface area contributed by atoms with Crippen LogP contribution >= 0.6 is 0 Å². The SMILES string of the molecule is N#Cc1cc(CC2CC3(C2)CN(C(=O)N2CC[C@H](c4ncn[nH]4)C2)C3)ccc1C(F)(F)F. The normalized spacial score (nSPS) is 22.5. The van der Waals surface area contributed by atoms with Crippen LogP contribution in [0.1, 0.15) is 47.7 Å². The molecule has 1 saturated carbocycles. The minimum atomic E-state index is -4.52. The first-order valence-corrected chi connectivity index (χ1v) is 10.8. The summed E-state index contributed by atoms with van der Waals surface area (Å²) in [4.78, 5) is 20.8. The number of nitriles is 1. The molecule has 3 heterocycles. The van der Waals surface area contributed by atoms with Crippen molar-refractivity contribution in [2.24, 2.45) is 11.3 Å². The molecule has 7 nitrogen and oxygen atoms in total. The van der Waals surface area contributed by atoms with Gasteiger partial charge in [0.1, 0.15) is 12.2 Å². The van der Waals surface area contributed by atoms with Gasteiger partial charge >= 0.3 is 12.2 Å². The summed E-state index contributed by atoms with van der Waals surface area (Å²) in [7, 11) is 0. The van der Waals surface area contributed by atoms with Crippen molar-refractivity contribution in [3.63, 3.8) is 0 Å². The van der Waals surface area contributed by atoms with Crippen LogP contribution in [0.15, 0.2) is 24.5 Å². The van der Waals surface area contributed by atoms with Crippen LogP contribution in [0.25, 0.3) is 0 Å². The number of aromatic nitrogens is 3. The number of nitrogens with zero attached hydrogens (tertiary/aromatic N) is 5. The summed E-state index contributed by atoms with van der Waals surface area (Å²) in [6.45, 7) is 2.84. The Hall–Kier alpha value is -3.09. The van der Waals surface area contributed by atoms with E-state index in [1.807, 2.05) is 9.80 Å². The molecule has 32 heavy (non-hydrogen) atoms. The number of hydrogen-bond donors (Lipinski definition) is 1. The molecule has 0 unspecified atom stereocenters. The van der Waals surface area contributed by atoms with Gasteiger partial charge in [0.25, 0.3) is 0 Å². The van der Waals surface area contributed by atoms with Crippen molar-refractivity contribution in [3.8, 4) is 6.07 Å². The number of aromatic amines is 1. The monoisotopic (exact) mass is 444 g/mol. The van der Waals surface area contributed by atoms with Gasteiger partial charge in [0.2, 0.25) is 0 Å². The second kappa shape index (κ2) is 7.50. The zero-order valence-electron chi connectivity index (χ0n) is 17.4. The number of benzene rings is 1. The number of halogens is 3. The maximum atomic E-state index is 13.0. The van der Waals surface area contributed by atoms with Gasteiger partial charge in [-0.2, -0.15) is 23.5 Å². The molecule has 3 aliphatic rings. The highest BCUT2D eigenvalue weighted by molar-refractivity contribution is 5.76. The van der Waals surface area contributed by atoms with Gasteiger partial charge in [-0.25, -0.2) is 9.78 Å². The Bertz CT molecular complexity index is 1050. The molecule has 168 valence electrons. The lowest BCUT2D eigenvalue weighted by atomic mass is 9.56. The van der Waals surface area contributed by atoms with Crippen LogP contribution in [0.2, 0.25) is 0 Å². The quantitative estimate of drug-likeness (QED) is 0.784. The molecular weight excluding hydrogens is 421 g/mol. The average molecular weight is 444 g/mol. The Kier molecular flexibility index (Phi) is 4.87. The first-order valence-electron chi connectivity index (χ1n) is 10.8. The van der Waals surface area contributed by atoms with E-state index in [1.165, 1.54) is 18.5 Å². The van der Waals surface area contributed by atoms with Crippen LogP contribution in [-0.2, 0) is 12.6 Å². The van der Waals surface area contributed by atoms with Crippen molar-refractivity contribution in [2.45, 2.75) is 37.8 Å². The van der Waals surface area contributed by atoms with E-state index in [1.54, 1.807) is 6.07 Å². The number of carbonyl (C=O) groups is 1. The lowest BCUT2D eigenvalue weighted by molar-refractivity contribution is -0.137. The number of urea groups is 1. The van der Waals surface area contributed by atoms with Gasteiger partial charge in [-0.3, -0.25) is 5.10 Å². The molecule has 2 aliphatic heterocycles. The van der Waals surface area contributed by atoms with Crippen LogP contribution in [0.5, 0.6) is 0 Å². The summed E-state index contributed by atoms with van der Waals surface area (Å²) in [5.41, 5.74) is -0.292. The first-order chi connectivity index (χ1) is 15.3. The fraction of sp³-hybridized carbons (Fsp3) is 0.545. The van der Waals surface area contributed by atoms with Crippen molar-refractivity contribution < 1.29 is 18.0 Å². The van der Waals surface area contributed by atoms with Crippen molar-refractivity contribution in [3.05, 3.63) is 47.0 Å². The Morgan fingerprint density at radius 1 is 1.28 bits per heavy atom. The summed E-state index contributed by atoms with van der Waals surface area (Å²) in [6.07, 6.45) is 0.419. The van der Waals surface area contributed by atoms with Crippen molar-refractivity contribution in [1.82, 2.24) is 25.0 Å². The molecule has 10 heteroatoms. The van der Waals surface area contributed by atoms with Gasteiger partial charge in [-0.1, -0.05) is 6.07 Å². The summed E-state index contributed by atoms with van der Waals surface area (Å²) in [6, 6.07) is 5.59. The van der Waals surface area contributed by atoms with E-state index in [4.69, 9.17) is 5.26 Å². The maximum absolute atomic E-state index is 13.0. The molecule has 0 radical (unpaired) electrons. The van der Waals surface area contributed by atoms with E-state index in [0.717, 1.165) is 49.8 Å². The van der Waals surface area contributed by atoms with E-state index in [0.29, 0.717) is 25.4 Å². The number of alkyl halides is 3. The smallest absolute Gasteiger partial charge is 0.324 e. The predicted molar refractivity (Wildman–Crippen MR) is 107 cm³/mol. The van der Waals surface area contributed by atoms with E-state index < -0.39 is 11.7 Å². The number of amides is 2. The molecule has 1 spiro atoms. The third-order valence-electron chi connectivity index (χ3n) is 7.08. The van der Waals surface area contributed by atoms with Crippen LogP contribution in [-0.4, -0.2) is 57.2 Å². The summed E-state index contributed by atoms with van der Waals surface area (Å²) < 4.78 is 38.9. The minimum absolute atomic E-state index is 0.0718. The molecule has 1 aromatic heterocycles. The Morgan fingerprint density at radius 2 is 2.06 bits per heavy atom. The maximum Gasteiger partial charge on any atom is 0.417 e. The summed E-state index contributed by atoms with van der Waals surface area (Å²) >= 11 is 0. The highest BCUT2D eigenvalue weighted by atomic mass is 19.4. The highest BCUT2D eigenvalue weighted by Crippen LogP contribution is 2.53. The third-order valence-corrected chi connectivity index (χ3v) is 7.08. The largest absolute Gasteiger partial charge is 0.417 e. The van der Waals surface area contributed by atoms with Crippen molar-refractivity contribution in [2.75, 3.05) is 26.2 Å². The van der Waals surface area contributed by atoms with E-state index >= 15 is 0 Å². The molecular formula is C22H23F3N6O. The lowest BCUT2D eigenvalue weighted by Gasteiger charge is -2.59. The Labute approximate surface area is 183 Å². The average Bonchev–Trinajstić information content (AvgIpc) is 3.38. The predicted octanol–water partition coefficient (Wildman–Crippen LogP) is 3.56. The highest BCUT2D eigenvalue weighted by Gasteiger charge is 2.54. The van der Waals surface area contributed by atoms with Crippen LogP contribution < -0.4 is 0 Å². The van der Waals surface area contributed by atoms with Crippen molar-refractivity contribution in [1.29, 1.82) is 5.26 Å². The van der Waals surface area contributed by atoms with Crippen LogP contribution in [0, 0.1) is 22.7 Å². The lowest BCUT2D eigenvalue weighted by Crippen LogP contribution is -2.65. The van der Waals surface area contributed by atoms with Gasteiger partial charge in [-0.05, 0) is 49.3 Å². The number of likely N-dealkylation sites (tertiary alicyclic amines) is 2. The molecule has 2 aromatic rings. The Balaban J connectivity index is 1.11. The van der Waals surface area contributed by atoms with Crippen LogP contribution in [0.4, 0.5) is 18.0 Å². The zero-order valence-corrected chi connectivity index (χ0v) is 17.4. The second-order valence-corrected chi connectivity index (χ2v) is 9.41. The van der Waals surface area contributed by atoms with Gasteiger partial charge in [0.05, 0.1) is 17.2 Å². The van der Waals surface area contributed by atoms with Crippen molar-refractivity contribution >= 4 is 6.03 Å². The van der Waals surface area contributed by atoms with Gasteiger partial charge in [0, 0.05) is 37.5 Å². The number of H-pyrrole nitrogens is 1. The molecule has 3 fully saturated rings. The van der Waals surface area contributed by atoms with Gasteiger partial charge in [-0.15, -0.1) is 0 Å². The number of rotatable bonds is 3. The standard InChI is InChI=1S/C22H23F3N6O/c23-22(24,25)18-2-1-14(6-17(18)9-26)5-15-7-21(8-15)11-31(12-21)20(32)30-4-3-16(10-30)19-27-13-28-29-19/h1-2,6,13,15-16H,3-5,7-8,10-12H2,(H,27,28,29)/t16-/m0/s1. The summed E-state index contributed by atoms with van der Waals surface area (Å²) in [5, 5.41) is 15.8. The minimum Gasteiger partial charge on any atom is -0.324 e. The summed E-state index contributed by atoms with van der Waals surface area (Å²) in [5.74, 6) is 1.40. The van der Waals surface area contributed by atoms with Gasteiger partial charge in [0.15, 0.2) is 0 Å². The molecule has 0 bridgehead atoms. The third kappa shape index (κ3) is 3.70. The number of carbonyl (C=O) groups excluding carboxylic acids is 1. The molecule has 2 saturated heterocycles. The molecule has 5 rings (SSSR count).